The Kier molecular flexibility index (Phi) is 4.89. The Labute approximate surface area is 123 Å². The lowest BCUT2D eigenvalue weighted by atomic mass is 9.82. The average Bonchev–Trinajstić information content (AvgIpc) is 2.46. The van der Waals surface area contributed by atoms with Gasteiger partial charge in [-0.3, -0.25) is 10.1 Å². The first-order chi connectivity index (χ1) is 10.0. The normalized spacial score (nSPS) is 17.2. The second kappa shape index (κ2) is 6.66. The summed E-state index contributed by atoms with van der Waals surface area (Å²) in [7, 11) is 0. The van der Waals surface area contributed by atoms with Crippen molar-refractivity contribution in [3.05, 3.63) is 16.3 Å². The van der Waals surface area contributed by atoms with Crippen LogP contribution < -0.4 is 10.6 Å². The van der Waals surface area contributed by atoms with Crippen LogP contribution in [0.3, 0.4) is 0 Å². The molecular weight excluding hydrogens is 274 g/mol. The Morgan fingerprint density at radius 2 is 2.14 bits per heavy atom. The van der Waals surface area contributed by atoms with E-state index in [9.17, 15) is 10.1 Å². The van der Waals surface area contributed by atoms with Gasteiger partial charge in [-0.1, -0.05) is 6.92 Å². The van der Waals surface area contributed by atoms with Gasteiger partial charge in [0.25, 0.3) is 0 Å². The maximum absolute atomic E-state index is 11.1. The standard InChI is InChI=1S/C13H21N5O3/c1-3-14-12-15-8-10(18(19)20)11(17-12)16-9-13(2)4-6-21-7-5-13/h8H,3-7,9H2,1-2H3,(H2,14,15,16,17). The zero-order valence-electron chi connectivity index (χ0n) is 12.4. The first-order valence-corrected chi connectivity index (χ1v) is 7.11. The molecule has 2 rings (SSSR count). The molecule has 1 aliphatic rings. The topological polar surface area (TPSA) is 102 Å². The summed E-state index contributed by atoms with van der Waals surface area (Å²) in [6.07, 6.45) is 3.09. The lowest BCUT2D eigenvalue weighted by molar-refractivity contribution is -0.384. The highest BCUT2D eigenvalue weighted by Crippen LogP contribution is 2.31. The van der Waals surface area contributed by atoms with Gasteiger partial charge in [0.05, 0.1) is 4.92 Å². The van der Waals surface area contributed by atoms with Gasteiger partial charge in [-0.05, 0) is 25.2 Å². The molecule has 1 aromatic rings. The third-order valence-electron chi connectivity index (χ3n) is 3.68. The predicted octanol–water partition coefficient (Wildman–Crippen LogP) is 2.05. The number of nitrogens with one attached hydrogen (secondary N) is 2. The molecule has 21 heavy (non-hydrogen) atoms. The second-order valence-corrected chi connectivity index (χ2v) is 5.49. The Bertz CT molecular complexity index is 503. The van der Waals surface area contributed by atoms with Gasteiger partial charge in [-0.25, -0.2) is 4.98 Å². The Morgan fingerprint density at radius 3 is 2.76 bits per heavy atom. The van der Waals surface area contributed by atoms with E-state index in [2.05, 4.69) is 27.5 Å². The minimum absolute atomic E-state index is 0.0649. The lowest BCUT2D eigenvalue weighted by Crippen LogP contribution is -2.33. The summed E-state index contributed by atoms with van der Waals surface area (Å²) in [5, 5.41) is 17.1. The predicted molar refractivity (Wildman–Crippen MR) is 79.5 cm³/mol. The van der Waals surface area contributed by atoms with Crippen LogP contribution >= 0.6 is 0 Å². The van der Waals surface area contributed by atoms with Gasteiger partial charge >= 0.3 is 5.69 Å². The van der Waals surface area contributed by atoms with Crippen molar-refractivity contribution in [1.29, 1.82) is 0 Å². The van der Waals surface area contributed by atoms with E-state index in [-0.39, 0.29) is 16.9 Å². The van der Waals surface area contributed by atoms with Crippen LogP contribution in [0.2, 0.25) is 0 Å². The SMILES string of the molecule is CCNc1ncc([N+](=O)[O-])c(NCC2(C)CCOCC2)n1. The summed E-state index contributed by atoms with van der Waals surface area (Å²) in [6, 6.07) is 0. The van der Waals surface area contributed by atoms with Crippen molar-refractivity contribution in [2.24, 2.45) is 5.41 Å². The van der Waals surface area contributed by atoms with Crippen molar-refractivity contribution >= 4 is 17.5 Å². The molecule has 0 saturated carbocycles. The van der Waals surface area contributed by atoms with E-state index in [0.29, 0.717) is 19.0 Å². The Hall–Kier alpha value is -1.96. The van der Waals surface area contributed by atoms with E-state index in [1.165, 1.54) is 6.20 Å². The number of ether oxygens (including phenoxy) is 1. The molecule has 8 nitrogen and oxygen atoms in total. The summed E-state index contributed by atoms with van der Waals surface area (Å²) < 4.78 is 5.36. The fourth-order valence-electron chi connectivity index (χ4n) is 2.22. The van der Waals surface area contributed by atoms with Crippen molar-refractivity contribution in [3.63, 3.8) is 0 Å². The van der Waals surface area contributed by atoms with Gasteiger partial charge in [0.15, 0.2) is 0 Å². The number of nitro groups is 1. The number of hydrogen-bond acceptors (Lipinski definition) is 7. The molecule has 0 atom stereocenters. The van der Waals surface area contributed by atoms with E-state index in [4.69, 9.17) is 4.74 Å². The van der Waals surface area contributed by atoms with Crippen molar-refractivity contribution in [2.45, 2.75) is 26.7 Å². The van der Waals surface area contributed by atoms with E-state index < -0.39 is 4.92 Å². The third kappa shape index (κ3) is 4.01. The van der Waals surface area contributed by atoms with Crippen LogP contribution in [0, 0.1) is 15.5 Å². The zero-order valence-corrected chi connectivity index (χ0v) is 12.4. The molecule has 1 aromatic heterocycles. The first kappa shape index (κ1) is 15.4. The molecule has 2 heterocycles. The number of nitrogens with zero attached hydrogens (tertiary/aromatic N) is 3. The van der Waals surface area contributed by atoms with Crippen LogP contribution in [0.5, 0.6) is 0 Å². The van der Waals surface area contributed by atoms with E-state index in [1.807, 2.05) is 6.92 Å². The smallest absolute Gasteiger partial charge is 0.329 e. The molecule has 0 aromatic carbocycles. The van der Waals surface area contributed by atoms with Crippen LogP contribution in [0.25, 0.3) is 0 Å². The highest BCUT2D eigenvalue weighted by atomic mass is 16.6. The van der Waals surface area contributed by atoms with Gasteiger partial charge in [-0.2, -0.15) is 4.98 Å². The Morgan fingerprint density at radius 1 is 1.43 bits per heavy atom. The largest absolute Gasteiger partial charge is 0.381 e. The molecule has 0 amide bonds. The maximum Gasteiger partial charge on any atom is 0.329 e. The minimum Gasteiger partial charge on any atom is -0.381 e. The highest BCUT2D eigenvalue weighted by molar-refractivity contribution is 5.57. The summed E-state index contributed by atoms with van der Waals surface area (Å²) >= 11 is 0. The van der Waals surface area contributed by atoms with Crippen LogP contribution in [0.1, 0.15) is 26.7 Å². The molecule has 8 heteroatoms. The Balaban J connectivity index is 2.12. The van der Waals surface area contributed by atoms with Crippen LogP contribution in [-0.4, -0.2) is 41.2 Å². The van der Waals surface area contributed by atoms with Gasteiger partial charge in [0, 0.05) is 26.3 Å². The summed E-state index contributed by atoms with van der Waals surface area (Å²) in [4.78, 5) is 18.7. The molecule has 116 valence electrons. The molecule has 1 saturated heterocycles. The van der Waals surface area contributed by atoms with Crippen LogP contribution in [0.4, 0.5) is 17.5 Å². The van der Waals surface area contributed by atoms with E-state index in [1.54, 1.807) is 0 Å². The summed E-state index contributed by atoms with van der Waals surface area (Å²) in [6.45, 7) is 6.81. The monoisotopic (exact) mass is 295 g/mol. The van der Waals surface area contributed by atoms with Gasteiger partial charge < -0.3 is 15.4 Å². The van der Waals surface area contributed by atoms with Gasteiger partial charge in [0.1, 0.15) is 6.20 Å². The number of aromatic nitrogens is 2. The average molecular weight is 295 g/mol. The molecule has 1 aliphatic heterocycles. The molecular formula is C13H21N5O3. The molecule has 0 bridgehead atoms. The van der Waals surface area contributed by atoms with Crippen LogP contribution in [-0.2, 0) is 4.74 Å². The van der Waals surface area contributed by atoms with Crippen molar-refractivity contribution in [2.75, 3.05) is 36.9 Å². The molecule has 0 unspecified atom stereocenters. The van der Waals surface area contributed by atoms with Crippen LogP contribution in [0.15, 0.2) is 6.20 Å². The number of hydrogen-bond donors (Lipinski definition) is 2. The fourth-order valence-corrected chi connectivity index (χ4v) is 2.22. The number of rotatable bonds is 6. The molecule has 0 aliphatic carbocycles. The lowest BCUT2D eigenvalue weighted by Gasteiger charge is -2.33. The van der Waals surface area contributed by atoms with E-state index in [0.717, 1.165) is 26.1 Å². The zero-order chi connectivity index (χ0) is 15.3. The van der Waals surface area contributed by atoms with Crippen molar-refractivity contribution < 1.29 is 9.66 Å². The van der Waals surface area contributed by atoms with Gasteiger partial charge in [0.2, 0.25) is 11.8 Å². The number of anilines is 2. The summed E-state index contributed by atoms with van der Waals surface area (Å²) in [5.74, 6) is 0.654. The van der Waals surface area contributed by atoms with Crippen molar-refractivity contribution in [3.8, 4) is 0 Å². The third-order valence-corrected chi connectivity index (χ3v) is 3.68. The quantitative estimate of drug-likeness (QED) is 0.611. The molecule has 0 radical (unpaired) electrons. The van der Waals surface area contributed by atoms with Gasteiger partial charge in [-0.15, -0.1) is 0 Å². The minimum atomic E-state index is -0.468. The second-order valence-electron chi connectivity index (χ2n) is 5.49. The first-order valence-electron chi connectivity index (χ1n) is 7.11. The fraction of sp³-hybridized carbons (Fsp3) is 0.692. The highest BCUT2D eigenvalue weighted by Gasteiger charge is 2.28. The maximum atomic E-state index is 11.1. The summed E-state index contributed by atoms with van der Waals surface area (Å²) in [5.41, 5.74) is -0.0394. The van der Waals surface area contributed by atoms with E-state index >= 15 is 0 Å². The molecule has 0 spiro atoms. The molecule has 1 fully saturated rings. The van der Waals surface area contributed by atoms with Crippen molar-refractivity contribution in [1.82, 2.24) is 9.97 Å². The molecule has 2 N–H and O–H groups in total.